The number of hydrogen-bond acceptors (Lipinski definition) is 3. The summed E-state index contributed by atoms with van der Waals surface area (Å²) in [5, 5.41) is 5.01. The zero-order chi connectivity index (χ0) is 14.4. The van der Waals surface area contributed by atoms with Gasteiger partial charge in [-0.1, -0.05) is 0 Å². The van der Waals surface area contributed by atoms with Crippen molar-refractivity contribution < 1.29 is 14.4 Å². The molecule has 1 aromatic rings. The Morgan fingerprint density at radius 1 is 1.11 bits per heavy atom. The predicted molar refractivity (Wildman–Crippen MR) is 72.2 cm³/mol. The van der Waals surface area contributed by atoms with E-state index in [0.717, 1.165) is 0 Å². The standard InChI is InChI=1S/C13H17N3O3/c1-9(17)10-4-6-11(7-5-10)15-13(19)14-8-12(18)16(2)3/h4-7H,8H2,1-3H3,(H2,14,15,19). The quantitative estimate of drug-likeness (QED) is 0.798. The van der Waals surface area contributed by atoms with Crippen molar-refractivity contribution in [1.82, 2.24) is 10.2 Å². The first-order valence-corrected chi connectivity index (χ1v) is 5.76. The molecular weight excluding hydrogens is 246 g/mol. The zero-order valence-corrected chi connectivity index (χ0v) is 11.2. The van der Waals surface area contributed by atoms with Gasteiger partial charge in [-0.25, -0.2) is 4.79 Å². The average Bonchev–Trinajstić information content (AvgIpc) is 2.36. The molecule has 0 heterocycles. The van der Waals surface area contributed by atoms with Gasteiger partial charge in [0, 0.05) is 25.3 Å². The van der Waals surface area contributed by atoms with Crippen LogP contribution >= 0.6 is 0 Å². The molecule has 0 aromatic heterocycles. The number of nitrogens with one attached hydrogen (secondary N) is 2. The van der Waals surface area contributed by atoms with E-state index in [1.54, 1.807) is 38.4 Å². The Morgan fingerprint density at radius 3 is 2.16 bits per heavy atom. The summed E-state index contributed by atoms with van der Waals surface area (Å²) in [6.07, 6.45) is 0. The van der Waals surface area contributed by atoms with Crippen LogP contribution in [0.15, 0.2) is 24.3 Å². The van der Waals surface area contributed by atoms with E-state index in [1.165, 1.54) is 11.8 Å². The number of anilines is 1. The summed E-state index contributed by atoms with van der Waals surface area (Å²) < 4.78 is 0. The molecule has 3 amide bonds. The molecular formula is C13H17N3O3. The molecule has 1 aromatic carbocycles. The van der Waals surface area contributed by atoms with Gasteiger partial charge in [0.25, 0.3) is 0 Å². The van der Waals surface area contributed by atoms with Crippen LogP contribution in [0.3, 0.4) is 0 Å². The summed E-state index contributed by atoms with van der Waals surface area (Å²) in [5.41, 5.74) is 1.13. The van der Waals surface area contributed by atoms with Crippen LogP contribution in [0.25, 0.3) is 0 Å². The molecule has 0 bridgehead atoms. The summed E-state index contributed by atoms with van der Waals surface area (Å²) >= 11 is 0. The first kappa shape index (κ1) is 14.7. The highest BCUT2D eigenvalue weighted by Crippen LogP contribution is 2.09. The summed E-state index contributed by atoms with van der Waals surface area (Å²) in [7, 11) is 3.23. The Labute approximate surface area is 111 Å². The normalized spacial score (nSPS) is 9.63. The van der Waals surface area contributed by atoms with Crippen LogP contribution in [0.4, 0.5) is 10.5 Å². The highest BCUT2D eigenvalue weighted by atomic mass is 16.2. The number of Topliss-reactive ketones (excluding diaryl/α,β-unsaturated/α-hetero) is 1. The van der Waals surface area contributed by atoms with Gasteiger partial charge >= 0.3 is 6.03 Å². The maximum Gasteiger partial charge on any atom is 0.319 e. The van der Waals surface area contributed by atoms with Crippen LogP contribution in [0, 0.1) is 0 Å². The van der Waals surface area contributed by atoms with Crippen molar-refractivity contribution in [3.05, 3.63) is 29.8 Å². The molecule has 0 unspecified atom stereocenters. The minimum absolute atomic E-state index is 0.0346. The van der Waals surface area contributed by atoms with E-state index in [9.17, 15) is 14.4 Å². The Morgan fingerprint density at radius 2 is 1.68 bits per heavy atom. The molecule has 0 fully saturated rings. The summed E-state index contributed by atoms with van der Waals surface area (Å²) in [6.45, 7) is 1.41. The molecule has 0 aliphatic carbocycles. The molecule has 0 radical (unpaired) electrons. The van der Waals surface area contributed by atoms with Gasteiger partial charge in [0.15, 0.2) is 5.78 Å². The minimum atomic E-state index is -0.467. The smallest absolute Gasteiger partial charge is 0.319 e. The van der Waals surface area contributed by atoms with Gasteiger partial charge in [-0.3, -0.25) is 9.59 Å². The second-order valence-electron chi connectivity index (χ2n) is 4.23. The molecule has 0 aliphatic rings. The van der Waals surface area contributed by atoms with Gasteiger partial charge in [0.2, 0.25) is 5.91 Å². The fourth-order valence-corrected chi connectivity index (χ4v) is 1.28. The highest BCUT2D eigenvalue weighted by Gasteiger charge is 2.07. The molecule has 0 atom stereocenters. The third-order valence-corrected chi connectivity index (χ3v) is 2.45. The van der Waals surface area contributed by atoms with Crippen LogP contribution in [-0.2, 0) is 4.79 Å². The van der Waals surface area contributed by atoms with Crippen molar-refractivity contribution in [1.29, 1.82) is 0 Å². The van der Waals surface area contributed by atoms with Gasteiger partial charge in [0.05, 0.1) is 6.54 Å². The first-order valence-electron chi connectivity index (χ1n) is 5.76. The molecule has 0 saturated carbocycles. The van der Waals surface area contributed by atoms with Crippen molar-refractivity contribution in [2.24, 2.45) is 0 Å². The van der Waals surface area contributed by atoms with Crippen molar-refractivity contribution in [2.75, 3.05) is 26.0 Å². The zero-order valence-electron chi connectivity index (χ0n) is 11.2. The fraction of sp³-hybridized carbons (Fsp3) is 0.308. The lowest BCUT2D eigenvalue weighted by atomic mass is 10.1. The molecule has 19 heavy (non-hydrogen) atoms. The van der Waals surface area contributed by atoms with Crippen LogP contribution in [0.2, 0.25) is 0 Å². The van der Waals surface area contributed by atoms with Crippen LogP contribution in [0.1, 0.15) is 17.3 Å². The topological polar surface area (TPSA) is 78.5 Å². The van der Waals surface area contributed by atoms with Gasteiger partial charge in [-0.05, 0) is 31.2 Å². The monoisotopic (exact) mass is 263 g/mol. The molecule has 6 heteroatoms. The maximum atomic E-state index is 11.5. The highest BCUT2D eigenvalue weighted by molar-refractivity contribution is 5.95. The van der Waals surface area contributed by atoms with Crippen LogP contribution in [0.5, 0.6) is 0 Å². The Kier molecular flexibility index (Phi) is 5.05. The van der Waals surface area contributed by atoms with E-state index in [1.807, 2.05) is 0 Å². The number of carbonyl (C=O) groups excluding carboxylic acids is 3. The number of benzene rings is 1. The number of amides is 3. The molecule has 0 saturated heterocycles. The summed E-state index contributed by atoms with van der Waals surface area (Å²) in [6, 6.07) is 6.05. The largest absolute Gasteiger partial charge is 0.347 e. The van der Waals surface area contributed by atoms with Crippen molar-refractivity contribution in [3.8, 4) is 0 Å². The fourth-order valence-electron chi connectivity index (χ4n) is 1.28. The second kappa shape index (κ2) is 6.53. The lowest BCUT2D eigenvalue weighted by Crippen LogP contribution is -2.38. The van der Waals surface area contributed by atoms with E-state index < -0.39 is 6.03 Å². The van der Waals surface area contributed by atoms with Crippen molar-refractivity contribution >= 4 is 23.4 Å². The number of likely N-dealkylation sites (N-methyl/N-ethyl adjacent to an activating group) is 1. The average molecular weight is 263 g/mol. The Bertz CT molecular complexity index is 480. The van der Waals surface area contributed by atoms with Gasteiger partial charge in [0.1, 0.15) is 0 Å². The minimum Gasteiger partial charge on any atom is -0.347 e. The number of hydrogen-bond donors (Lipinski definition) is 2. The van der Waals surface area contributed by atoms with Crippen LogP contribution < -0.4 is 10.6 Å². The number of urea groups is 1. The summed E-state index contributed by atoms with van der Waals surface area (Å²) in [5.74, 6) is -0.227. The Balaban J connectivity index is 2.48. The third kappa shape index (κ3) is 4.79. The first-order chi connectivity index (χ1) is 8.90. The van der Waals surface area contributed by atoms with E-state index in [0.29, 0.717) is 11.3 Å². The van der Waals surface area contributed by atoms with Gasteiger partial charge < -0.3 is 15.5 Å². The molecule has 102 valence electrons. The molecule has 1 rings (SSSR count). The van der Waals surface area contributed by atoms with Gasteiger partial charge in [-0.15, -0.1) is 0 Å². The van der Waals surface area contributed by atoms with E-state index in [-0.39, 0.29) is 18.2 Å². The molecule has 6 nitrogen and oxygen atoms in total. The molecule has 2 N–H and O–H groups in total. The number of rotatable bonds is 4. The second-order valence-corrected chi connectivity index (χ2v) is 4.23. The third-order valence-electron chi connectivity index (χ3n) is 2.45. The lowest BCUT2D eigenvalue weighted by Gasteiger charge is -2.11. The van der Waals surface area contributed by atoms with Gasteiger partial charge in [-0.2, -0.15) is 0 Å². The molecule has 0 aliphatic heterocycles. The SMILES string of the molecule is CC(=O)c1ccc(NC(=O)NCC(=O)N(C)C)cc1. The van der Waals surface area contributed by atoms with Crippen LogP contribution in [-0.4, -0.2) is 43.3 Å². The van der Waals surface area contributed by atoms with E-state index in [2.05, 4.69) is 10.6 Å². The maximum absolute atomic E-state index is 11.5. The lowest BCUT2D eigenvalue weighted by molar-refractivity contribution is -0.127. The predicted octanol–water partition coefficient (Wildman–Crippen LogP) is 1.10. The number of carbonyl (C=O) groups is 3. The van der Waals surface area contributed by atoms with E-state index >= 15 is 0 Å². The van der Waals surface area contributed by atoms with E-state index in [4.69, 9.17) is 0 Å². The molecule has 0 spiro atoms. The number of nitrogens with zero attached hydrogens (tertiary/aromatic N) is 1. The number of ketones is 1. The Hall–Kier alpha value is -2.37. The van der Waals surface area contributed by atoms with Crippen molar-refractivity contribution in [3.63, 3.8) is 0 Å². The van der Waals surface area contributed by atoms with Crippen molar-refractivity contribution in [2.45, 2.75) is 6.92 Å². The summed E-state index contributed by atoms with van der Waals surface area (Å²) in [4.78, 5) is 35.2.